The van der Waals surface area contributed by atoms with Crippen LogP contribution in [0.5, 0.6) is 11.6 Å². The summed E-state index contributed by atoms with van der Waals surface area (Å²) in [6, 6.07) is 4.86. The molecule has 1 heterocycles. The normalized spacial score (nSPS) is 10.7. The Bertz CT molecular complexity index is 766. The number of hydrogen-bond donors (Lipinski definition) is 2. The highest BCUT2D eigenvalue weighted by Gasteiger charge is 2.16. The molecule has 7 heteroatoms. The molecule has 0 fully saturated rings. The highest BCUT2D eigenvalue weighted by molar-refractivity contribution is 6.31. The number of nitrogens with zero attached hydrogens (tertiary/aromatic N) is 2. The molecule has 22 heavy (non-hydrogen) atoms. The third kappa shape index (κ3) is 3.99. The zero-order valence-corrected chi connectivity index (χ0v) is 13.0. The number of carboxylic acids is 1. The topological polar surface area (TPSA) is 88.1 Å². The van der Waals surface area contributed by atoms with Gasteiger partial charge >= 0.3 is 5.97 Å². The van der Waals surface area contributed by atoms with Gasteiger partial charge < -0.3 is 9.84 Å². The number of rotatable bonds is 3. The Balaban J connectivity index is 2.31. The Morgan fingerprint density at radius 3 is 2.77 bits per heavy atom. The molecule has 0 aliphatic carbocycles. The van der Waals surface area contributed by atoms with Crippen molar-refractivity contribution >= 4 is 17.6 Å². The molecule has 0 aliphatic rings. The number of hydrogen-bond acceptors (Lipinski definition) is 4. The molecular formula is C15H14ClN3O3. The molecule has 114 valence electrons. The lowest BCUT2D eigenvalue weighted by atomic mass is 9.97. The molecule has 0 aliphatic heterocycles. The molecule has 0 spiro atoms. The number of aromatic amines is 1. The van der Waals surface area contributed by atoms with E-state index in [2.05, 4.69) is 27.3 Å². The first-order valence-electron chi connectivity index (χ1n) is 6.41. The number of aromatic carboxylic acids is 1. The van der Waals surface area contributed by atoms with E-state index >= 15 is 0 Å². The summed E-state index contributed by atoms with van der Waals surface area (Å²) in [6.07, 6.45) is 0. The highest BCUT2D eigenvalue weighted by Crippen LogP contribution is 2.26. The van der Waals surface area contributed by atoms with Crippen molar-refractivity contribution in [3.8, 4) is 23.5 Å². The number of halogens is 1. The summed E-state index contributed by atoms with van der Waals surface area (Å²) in [4.78, 5) is 11.0. The molecule has 2 rings (SSSR count). The van der Waals surface area contributed by atoms with Crippen molar-refractivity contribution in [1.29, 1.82) is 0 Å². The molecular weight excluding hydrogens is 306 g/mol. The maximum Gasteiger partial charge on any atom is 0.359 e. The van der Waals surface area contributed by atoms with Crippen molar-refractivity contribution in [2.24, 2.45) is 5.41 Å². The van der Waals surface area contributed by atoms with E-state index in [0.29, 0.717) is 16.3 Å². The van der Waals surface area contributed by atoms with Crippen molar-refractivity contribution < 1.29 is 14.6 Å². The van der Waals surface area contributed by atoms with Crippen LogP contribution in [-0.2, 0) is 0 Å². The Morgan fingerprint density at radius 2 is 2.14 bits per heavy atom. The van der Waals surface area contributed by atoms with Gasteiger partial charge in [0.25, 0.3) is 5.88 Å². The minimum atomic E-state index is -1.21. The molecule has 2 aromatic rings. The summed E-state index contributed by atoms with van der Waals surface area (Å²) >= 11 is 6.10. The van der Waals surface area contributed by atoms with Crippen molar-refractivity contribution in [3.63, 3.8) is 0 Å². The molecule has 0 bridgehead atoms. The molecule has 1 aromatic carbocycles. The summed E-state index contributed by atoms with van der Waals surface area (Å²) in [6.45, 7) is 5.97. The standard InChI is InChI=1S/C15H14ClN3O3/c1-15(2,3)7-6-9-8-10(4-5-11(9)16)22-13-12(14(20)21)17-19-18-13/h4-5,8H,1-3H3,(H,20,21)(H,17,18,19). The number of carbonyl (C=O) groups is 1. The number of aromatic nitrogens is 3. The fraction of sp³-hybridized carbons (Fsp3) is 0.267. The summed E-state index contributed by atoms with van der Waals surface area (Å²) in [7, 11) is 0. The highest BCUT2D eigenvalue weighted by atomic mass is 35.5. The van der Waals surface area contributed by atoms with E-state index < -0.39 is 5.97 Å². The van der Waals surface area contributed by atoms with Crippen LogP contribution in [0, 0.1) is 17.3 Å². The van der Waals surface area contributed by atoms with Gasteiger partial charge in [-0.25, -0.2) is 9.89 Å². The number of nitrogens with one attached hydrogen (secondary N) is 1. The first-order chi connectivity index (χ1) is 10.3. The second kappa shape index (κ2) is 6.08. The van der Waals surface area contributed by atoms with Gasteiger partial charge in [-0.15, -0.1) is 0 Å². The lowest BCUT2D eigenvalue weighted by Gasteiger charge is -2.08. The van der Waals surface area contributed by atoms with E-state index in [4.69, 9.17) is 21.4 Å². The number of carboxylic acid groups (broad SMARTS) is 1. The molecule has 0 saturated heterocycles. The van der Waals surface area contributed by atoms with Gasteiger partial charge in [-0.3, -0.25) is 0 Å². The van der Waals surface area contributed by atoms with Gasteiger partial charge in [0.05, 0.1) is 5.02 Å². The van der Waals surface area contributed by atoms with Crippen LogP contribution in [0.2, 0.25) is 5.02 Å². The second-order valence-electron chi connectivity index (χ2n) is 5.54. The molecule has 0 saturated carbocycles. The summed E-state index contributed by atoms with van der Waals surface area (Å²) in [5, 5.41) is 18.7. The fourth-order valence-electron chi connectivity index (χ4n) is 1.46. The first-order valence-corrected chi connectivity index (χ1v) is 6.79. The molecule has 2 N–H and O–H groups in total. The number of H-pyrrole nitrogens is 1. The zero-order chi connectivity index (χ0) is 16.3. The largest absolute Gasteiger partial charge is 0.476 e. The number of ether oxygens (including phenoxy) is 1. The van der Waals surface area contributed by atoms with Crippen LogP contribution in [0.4, 0.5) is 0 Å². The first kappa shape index (κ1) is 15.9. The summed E-state index contributed by atoms with van der Waals surface area (Å²) in [5.74, 6) is 5.11. The smallest absolute Gasteiger partial charge is 0.359 e. The minimum absolute atomic E-state index is 0.121. The van der Waals surface area contributed by atoms with E-state index in [9.17, 15) is 4.79 Å². The van der Waals surface area contributed by atoms with Crippen LogP contribution in [0.25, 0.3) is 0 Å². The maximum absolute atomic E-state index is 11.0. The van der Waals surface area contributed by atoms with Crippen LogP contribution in [-0.4, -0.2) is 26.5 Å². The van der Waals surface area contributed by atoms with Crippen LogP contribution >= 0.6 is 11.6 Å². The van der Waals surface area contributed by atoms with Gasteiger partial charge in [0.15, 0.2) is 0 Å². The van der Waals surface area contributed by atoms with Gasteiger partial charge in [-0.2, -0.15) is 0 Å². The van der Waals surface area contributed by atoms with Crippen LogP contribution < -0.4 is 4.74 Å². The molecule has 0 atom stereocenters. The summed E-state index contributed by atoms with van der Waals surface area (Å²) < 4.78 is 5.43. The monoisotopic (exact) mass is 319 g/mol. The molecule has 6 nitrogen and oxygen atoms in total. The lowest BCUT2D eigenvalue weighted by molar-refractivity contribution is 0.0687. The third-order valence-electron chi connectivity index (χ3n) is 2.45. The quantitative estimate of drug-likeness (QED) is 0.847. The Labute approximate surface area is 132 Å². The maximum atomic E-state index is 11.0. The van der Waals surface area contributed by atoms with Gasteiger partial charge in [0.1, 0.15) is 5.75 Å². The van der Waals surface area contributed by atoms with Crippen molar-refractivity contribution in [3.05, 3.63) is 34.5 Å². The van der Waals surface area contributed by atoms with E-state index in [0.717, 1.165) is 0 Å². The van der Waals surface area contributed by atoms with Crippen LogP contribution in [0.3, 0.4) is 0 Å². The second-order valence-corrected chi connectivity index (χ2v) is 5.95. The predicted octanol–water partition coefficient (Wildman–Crippen LogP) is 3.35. The van der Waals surface area contributed by atoms with E-state index in [1.165, 1.54) is 0 Å². The SMILES string of the molecule is CC(C)(C)C#Cc1cc(Oc2nn[nH]c2C(=O)O)ccc1Cl. The molecule has 0 radical (unpaired) electrons. The van der Waals surface area contributed by atoms with E-state index in [1.54, 1.807) is 18.2 Å². The average Bonchev–Trinajstić information content (AvgIpc) is 2.86. The van der Waals surface area contributed by atoms with Gasteiger partial charge in [0.2, 0.25) is 5.69 Å². The Hall–Kier alpha value is -2.52. The minimum Gasteiger partial charge on any atom is -0.476 e. The van der Waals surface area contributed by atoms with Gasteiger partial charge in [-0.1, -0.05) is 33.8 Å². The van der Waals surface area contributed by atoms with Crippen LogP contribution in [0.15, 0.2) is 18.2 Å². The van der Waals surface area contributed by atoms with Crippen molar-refractivity contribution in [2.45, 2.75) is 20.8 Å². The average molecular weight is 320 g/mol. The van der Waals surface area contributed by atoms with Crippen molar-refractivity contribution in [2.75, 3.05) is 0 Å². The molecule has 1 aromatic heterocycles. The number of benzene rings is 1. The van der Waals surface area contributed by atoms with E-state index in [-0.39, 0.29) is 17.0 Å². The predicted molar refractivity (Wildman–Crippen MR) is 81.2 cm³/mol. The Morgan fingerprint density at radius 1 is 1.41 bits per heavy atom. The van der Waals surface area contributed by atoms with Crippen molar-refractivity contribution in [1.82, 2.24) is 15.4 Å². The summed E-state index contributed by atoms with van der Waals surface area (Å²) in [5.41, 5.74) is 0.203. The third-order valence-corrected chi connectivity index (χ3v) is 2.78. The molecule has 0 amide bonds. The van der Waals surface area contributed by atoms with Crippen LogP contribution in [0.1, 0.15) is 36.8 Å². The van der Waals surface area contributed by atoms with Gasteiger partial charge in [-0.05, 0) is 39.0 Å². The lowest BCUT2D eigenvalue weighted by Crippen LogP contribution is -2.00. The zero-order valence-electron chi connectivity index (χ0n) is 12.3. The Kier molecular flexibility index (Phi) is 4.38. The fourth-order valence-corrected chi connectivity index (χ4v) is 1.62. The molecule has 0 unspecified atom stereocenters. The van der Waals surface area contributed by atoms with E-state index in [1.807, 2.05) is 20.8 Å². The van der Waals surface area contributed by atoms with Gasteiger partial charge in [0, 0.05) is 11.0 Å².